The van der Waals surface area contributed by atoms with Crippen LogP contribution in [-0.2, 0) is 6.42 Å². The zero-order valence-corrected chi connectivity index (χ0v) is 9.15. The van der Waals surface area contributed by atoms with Crippen LogP contribution in [0.4, 0.5) is 0 Å². The Hall–Kier alpha value is -1.77. The van der Waals surface area contributed by atoms with E-state index in [1.165, 1.54) is 6.07 Å². The molecule has 0 aliphatic rings. The van der Waals surface area contributed by atoms with E-state index in [4.69, 9.17) is 5.11 Å². The third-order valence-electron chi connectivity index (χ3n) is 2.45. The highest BCUT2D eigenvalue weighted by Gasteiger charge is 2.14. The molecule has 0 aromatic heterocycles. The maximum absolute atomic E-state index is 11.0. The van der Waals surface area contributed by atoms with Crippen LogP contribution in [0.15, 0.2) is 30.9 Å². The summed E-state index contributed by atoms with van der Waals surface area (Å²) >= 11 is 0. The fraction of sp³-hybridized carbons (Fsp3) is 0.308. The van der Waals surface area contributed by atoms with Gasteiger partial charge in [0.25, 0.3) is 0 Å². The van der Waals surface area contributed by atoms with E-state index in [1.54, 1.807) is 12.1 Å². The number of allylic oxidation sites excluding steroid dienone is 1. The van der Waals surface area contributed by atoms with Gasteiger partial charge in [-0.25, -0.2) is 4.79 Å². The summed E-state index contributed by atoms with van der Waals surface area (Å²) in [6.45, 7) is 3.63. The van der Waals surface area contributed by atoms with Gasteiger partial charge in [0.1, 0.15) is 11.3 Å². The van der Waals surface area contributed by atoms with Crippen LogP contribution in [0, 0.1) is 0 Å². The molecule has 3 heteroatoms. The minimum atomic E-state index is -1.07. The van der Waals surface area contributed by atoms with Gasteiger partial charge in [0.15, 0.2) is 0 Å². The lowest BCUT2D eigenvalue weighted by Gasteiger charge is -2.07. The van der Waals surface area contributed by atoms with Gasteiger partial charge >= 0.3 is 5.97 Å². The van der Waals surface area contributed by atoms with Crippen LogP contribution in [0.1, 0.15) is 35.2 Å². The molecule has 0 atom stereocenters. The maximum atomic E-state index is 11.0. The molecule has 0 saturated heterocycles. The number of hydrogen-bond donors (Lipinski definition) is 2. The van der Waals surface area contributed by atoms with Crippen LogP contribution in [0.3, 0.4) is 0 Å². The first-order valence-electron chi connectivity index (χ1n) is 5.32. The van der Waals surface area contributed by atoms with Crippen LogP contribution in [0.5, 0.6) is 5.75 Å². The second-order valence-corrected chi connectivity index (χ2v) is 3.65. The van der Waals surface area contributed by atoms with Crippen LogP contribution >= 0.6 is 0 Å². The van der Waals surface area contributed by atoms with E-state index < -0.39 is 5.97 Å². The second kappa shape index (κ2) is 5.95. The molecule has 1 aromatic rings. The first-order valence-corrected chi connectivity index (χ1v) is 5.32. The topological polar surface area (TPSA) is 57.5 Å². The Morgan fingerprint density at radius 1 is 1.38 bits per heavy atom. The number of carboxylic acids is 1. The van der Waals surface area contributed by atoms with Crippen molar-refractivity contribution in [1.29, 1.82) is 0 Å². The molecule has 0 saturated carbocycles. The predicted octanol–water partition coefficient (Wildman–Crippen LogP) is 2.99. The number of aromatic hydroxyl groups is 1. The highest BCUT2D eigenvalue weighted by molar-refractivity contribution is 5.92. The lowest BCUT2D eigenvalue weighted by molar-refractivity contribution is 0.0692. The summed E-state index contributed by atoms with van der Waals surface area (Å²) < 4.78 is 0. The fourth-order valence-corrected chi connectivity index (χ4v) is 1.65. The molecule has 0 bridgehead atoms. The minimum absolute atomic E-state index is 0.0288. The van der Waals surface area contributed by atoms with Crippen molar-refractivity contribution >= 4 is 5.97 Å². The predicted molar refractivity (Wildman–Crippen MR) is 62.8 cm³/mol. The molecule has 3 nitrogen and oxygen atoms in total. The molecule has 2 N–H and O–H groups in total. The molecule has 0 spiro atoms. The first-order chi connectivity index (χ1) is 7.66. The van der Waals surface area contributed by atoms with Gasteiger partial charge in [-0.3, -0.25) is 0 Å². The average Bonchev–Trinajstić information content (AvgIpc) is 2.24. The Kier molecular flexibility index (Phi) is 4.58. The van der Waals surface area contributed by atoms with Crippen molar-refractivity contribution in [3.8, 4) is 5.75 Å². The Bertz CT molecular complexity index is 383. The van der Waals surface area contributed by atoms with Crippen molar-refractivity contribution in [2.75, 3.05) is 0 Å². The largest absolute Gasteiger partial charge is 0.507 e. The summed E-state index contributed by atoms with van der Waals surface area (Å²) in [4.78, 5) is 11.0. The van der Waals surface area contributed by atoms with Gasteiger partial charge < -0.3 is 10.2 Å². The summed E-state index contributed by atoms with van der Waals surface area (Å²) in [6, 6.07) is 4.82. The maximum Gasteiger partial charge on any atom is 0.339 e. The van der Waals surface area contributed by atoms with Gasteiger partial charge in [0.05, 0.1) is 0 Å². The molecule has 16 heavy (non-hydrogen) atoms. The molecular weight excluding hydrogens is 204 g/mol. The number of carbonyl (C=O) groups is 1. The molecule has 0 unspecified atom stereocenters. The highest BCUT2D eigenvalue weighted by Crippen LogP contribution is 2.22. The lowest BCUT2D eigenvalue weighted by atomic mass is 10.0. The quantitative estimate of drug-likeness (QED) is 0.572. The van der Waals surface area contributed by atoms with E-state index in [-0.39, 0.29) is 11.3 Å². The molecule has 1 aromatic carbocycles. The van der Waals surface area contributed by atoms with Crippen LogP contribution in [0.25, 0.3) is 0 Å². The van der Waals surface area contributed by atoms with Crippen LogP contribution in [0.2, 0.25) is 0 Å². The van der Waals surface area contributed by atoms with Crippen molar-refractivity contribution in [3.63, 3.8) is 0 Å². The number of hydrogen-bond acceptors (Lipinski definition) is 2. The first kappa shape index (κ1) is 12.3. The molecule has 0 heterocycles. The molecule has 0 amide bonds. The summed E-state index contributed by atoms with van der Waals surface area (Å²) in [7, 11) is 0. The highest BCUT2D eigenvalue weighted by atomic mass is 16.4. The molecular formula is C13H16O3. The van der Waals surface area contributed by atoms with Crippen LogP contribution in [-0.4, -0.2) is 16.2 Å². The summed E-state index contributed by atoms with van der Waals surface area (Å²) in [5.41, 5.74) is 0.720. The fourth-order valence-electron chi connectivity index (χ4n) is 1.65. The van der Waals surface area contributed by atoms with E-state index in [0.29, 0.717) is 12.0 Å². The van der Waals surface area contributed by atoms with Crippen molar-refractivity contribution in [2.45, 2.75) is 25.7 Å². The number of benzene rings is 1. The Morgan fingerprint density at radius 2 is 2.12 bits per heavy atom. The number of rotatable bonds is 6. The van der Waals surface area contributed by atoms with Gasteiger partial charge in [0.2, 0.25) is 0 Å². The standard InChI is InChI=1S/C13H16O3/c1-2-3-4-5-7-10-8-6-9-11(14)12(10)13(15)16/h2,6,8-9,14H,1,3-5,7H2,(H,15,16). The van der Waals surface area contributed by atoms with Gasteiger partial charge in [0, 0.05) is 0 Å². The smallest absolute Gasteiger partial charge is 0.339 e. The second-order valence-electron chi connectivity index (χ2n) is 3.65. The number of carboxylic acid groups (broad SMARTS) is 1. The summed E-state index contributed by atoms with van der Waals surface area (Å²) in [5, 5.41) is 18.4. The zero-order chi connectivity index (χ0) is 12.0. The van der Waals surface area contributed by atoms with E-state index >= 15 is 0 Å². The molecule has 0 aliphatic heterocycles. The normalized spacial score (nSPS) is 10.0. The van der Waals surface area contributed by atoms with Crippen molar-refractivity contribution < 1.29 is 15.0 Å². The van der Waals surface area contributed by atoms with Crippen molar-refractivity contribution in [1.82, 2.24) is 0 Å². The number of aryl methyl sites for hydroxylation is 1. The summed E-state index contributed by atoms with van der Waals surface area (Å²) in [5.74, 6) is -1.23. The Labute approximate surface area is 95.0 Å². The zero-order valence-electron chi connectivity index (χ0n) is 9.15. The molecule has 0 radical (unpaired) electrons. The van der Waals surface area contributed by atoms with E-state index in [2.05, 4.69) is 6.58 Å². The molecule has 86 valence electrons. The third-order valence-corrected chi connectivity index (χ3v) is 2.45. The SMILES string of the molecule is C=CCCCCc1cccc(O)c1C(=O)O. The summed E-state index contributed by atoms with van der Waals surface area (Å²) in [6.07, 6.45) is 5.33. The molecule has 0 aliphatic carbocycles. The Morgan fingerprint density at radius 3 is 2.75 bits per heavy atom. The van der Waals surface area contributed by atoms with Gasteiger partial charge in [-0.15, -0.1) is 6.58 Å². The number of unbranched alkanes of at least 4 members (excludes halogenated alkanes) is 2. The Balaban J connectivity index is 2.75. The monoisotopic (exact) mass is 220 g/mol. The number of phenols is 1. The number of aromatic carboxylic acids is 1. The van der Waals surface area contributed by atoms with Gasteiger partial charge in [-0.2, -0.15) is 0 Å². The minimum Gasteiger partial charge on any atom is -0.507 e. The van der Waals surface area contributed by atoms with E-state index in [1.807, 2.05) is 6.08 Å². The molecule has 1 rings (SSSR count). The van der Waals surface area contributed by atoms with Crippen LogP contribution < -0.4 is 0 Å². The molecule has 0 fully saturated rings. The third kappa shape index (κ3) is 3.12. The average molecular weight is 220 g/mol. The lowest BCUT2D eigenvalue weighted by Crippen LogP contribution is -2.03. The van der Waals surface area contributed by atoms with E-state index in [0.717, 1.165) is 19.3 Å². The van der Waals surface area contributed by atoms with Gasteiger partial charge in [-0.05, 0) is 37.3 Å². The van der Waals surface area contributed by atoms with Crippen molar-refractivity contribution in [2.24, 2.45) is 0 Å². The van der Waals surface area contributed by atoms with Gasteiger partial charge in [-0.1, -0.05) is 18.2 Å². The van der Waals surface area contributed by atoms with E-state index in [9.17, 15) is 9.90 Å². The van der Waals surface area contributed by atoms with Crippen molar-refractivity contribution in [3.05, 3.63) is 42.0 Å².